The maximum atomic E-state index is 12.1. The summed E-state index contributed by atoms with van der Waals surface area (Å²) in [6.07, 6.45) is -8.40. The van der Waals surface area contributed by atoms with Crippen LogP contribution in [-0.4, -0.2) is 35.3 Å². The van der Waals surface area contributed by atoms with Gasteiger partial charge in [-0.2, -0.15) is 0 Å². The molecule has 0 spiro atoms. The number of aliphatic hydroxyl groups excluding tert-OH is 2. The minimum absolute atomic E-state index is 0.0219. The summed E-state index contributed by atoms with van der Waals surface area (Å²) in [5.41, 5.74) is 5.30. The number of esters is 1. The summed E-state index contributed by atoms with van der Waals surface area (Å²) in [4.78, 5) is 11.2. The van der Waals surface area contributed by atoms with Crippen molar-refractivity contribution in [1.82, 2.24) is 0 Å². The van der Waals surface area contributed by atoms with Crippen molar-refractivity contribution in [2.75, 3.05) is 12.3 Å². The molecule has 124 valence electrons. The van der Waals surface area contributed by atoms with Gasteiger partial charge in [-0.15, -0.1) is 13.2 Å². The first-order chi connectivity index (χ1) is 10.1. The van der Waals surface area contributed by atoms with Crippen molar-refractivity contribution in [3.05, 3.63) is 23.8 Å². The molecule has 0 saturated heterocycles. The monoisotopic (exact) mass is 323 g/mol. The Bertz CT molecular complexity index is 521. The third-order valence-electron chi connectivity index (χ3n) is 2.66. The molecule has 4 N–H and O–H groups in total. The average Bonchev–Trinajstić information content (AvgIpc) is 2.36. The summed E-state index contributed by atoms with van der Waals surface area (Å²) in [5, 5.41) is 19.6. The van der Waals surface area contributed by atoms with Crippen molar-refractivity contribution in [3.8, 4) is 5.75 Å². The third kappa shape index (κ3) is 5.41. The first-order valence-electron chi connectivity index (χ1n) is 6.31. The van der Waals surface area contributed by atoms with E-state index >= 15 is 0 Å². The zero-order chi connectivity index (χ0) is 16.9. The molecule has 0 aromatic heterocycles. The smallest absolute Gasteiger partial charge is 0.466 e. The average molecular weight is 323 g/mol. The van der Waals surface area contributed by atoms with E-state index in [1.807, 2.05) is 0 Å². The van der Waals surface area contributed by atoms with Gasteiger partial charge in [0.15, 0.2) is 0 Å². The number of hydrogen-bond donors (Lipinski definition) is 3. The second kappa shape index (κ2) is 7.32. The van der Waals surface area contributed by atoms with E-state index in [4.69, 9.17) is 5.73 Å². The van der Waals surface area contributed by atoms with Gasteiger partial charge in [-0.1, -0.05) is 6.07 Å². The number of halogens is 3. The number of rotatable bonds is 6. The molecular formula is C13H16F3NO5. The molecule has 2 unspecified atom stereocenters. The van der Waals surface area contributed by atoms with Crippen molar-refractivity contribution in [2.24, 2.45) is 0 Å². The highest BCUT2D eigenvalue weighted by Gasteiger charge is 2.31. The first kappa shape index (κ1) is 18.1. The summed E-state index contributed by atoms with van der Waals surface area (Å²) >= 11 is 0. The number of alkyl halides is 3. The molecule has 0 aliphatic heterocycles. The number of nitrogens with two attached hydrogens (primary N) is 1. The van der Waals surface area contributed by atoms with E-state index in [1.165, 1.54) is 0 Å². The quantitative estimate of drug-likeness (QED) is 0.542. The number of hydrogen-bond acceptors (Lipinski definition) is 6. The van der Waals surface area contributed by atoms with Crippen LogP contribution in [-0.2, 0) is 9.53 Å². The Morgan fingerprint density at radius 2 is 2.00 bits per heavy atom. The minimum atomic E-state index is -4.87. The fourth-order valence-corrected chi connectivity index (χ4v) is 1.73. The van der Waals surface area contributed by atoms with Gasteiger partial charge < -0.3 is 25.4 Å². The predicted octanol–water partition coefficient (Wildman–Crippen LogP) is 1.51. The van der Waals surface area contributed by atoms with E-state index in [2.05, 4.69) is 9.47 Å². The molecule has 0 bridgehead atoms. The largest absolute Gasteiger partial charge is 0.573 e. The van der Waals surface area contributed by atoms with Gasteiger partial charge in [0.2, 0.25) is 0 Å². The molecule has 0 saturated carbocycles. The number of anilines is 1. The van der Waals surface area contributed by atoms with Gasteiger partial charge in [0.25, 0.3) is 0 Å². The topological polar surface area (TPSA) is 102 Å². The SMILES string of the molecule is CCOC(=O)CC(O)C(O)c1ccc(OC(F)(F)F)cc1N. The molecule has 0 heterocycles. The van der Waals surface area contributed by atoms with Gasteiger partial charge in [0, 0.05) is 17.3 Å². The maximum absolute atomic E-state index is 12.1. The van der Waals surface area contributed by atoms with Crippen molar-refractivity contribution in [1.29, 1.82) is 0 Å². The summed E-state index contributed by atoms with van der Waals surface area (Å²) < 4.78 is 44.5. The molecule has 1 aromatic carbocycles. The lowest BCUT2D eigenvalue weighted by molar-refractivity contribution is -0.274. The highest BCUT2D eigenvalue weighted by Crippen LogP contribution is 2.30. The highest BCUT2D eigenvalue weighted by atomic mass is 19.4. The van der Waals surface area contributed by atoms with Crippen LogP contribution < -0.4 is 10.5 Å². The Hall–Kier alpha value is -2.00. The van der Waals surface area contributed by atoms with Gasteiger partial charge in [-0.05, 0) is 13.0 Å². The second-order valence-electron chi connectivity index (χ2n) is 4.36. The number of carbonyl (C=O) groups excluding carboxylic acids is 1. The Morgan fingerprint density at radius 1 is 1.36 bits per heavy atom. The van der Waals surface area contributed by atoms with Crippen LogP contribution in [0.4, 0.5) is 18.9 Å². The Morgan fingerprint density at radius 3 is 2.50 bits per heavy atom. The molecule has 0 fully saturated rings. The summed E-state index contributed by atoms with van der Waals surface area (Å²) in [7, 11) is 0. The van der Waals surface area contributed by atoms with Crippen molar-refractivity contribution in [3.63, 3.8) is 0 Å². The predicted molar refractivity (Wildman–Crippen MR) is 69.8 cm³/mol. The van der Waals surface area contributed by atoms with Crippen molar-refractivity contribution >= 4 is 11.7 Å². The van der Waals surface area contributed by atoms with Gasteiger partial charge >= 0.3 is 12.3 Å². The van der Waals surface area contributed by atoms with E-state index in [9.17, 15) is 28.2 Å². The maximum Gasteiger partial charge on any atom is 0.573 e. The van der Waals surface area contributed by atoms with Gasteiger partial charge in [0.05, 0.1) is 19.1 Å². The lowest BCUT2D eigenvalue weighted by Crippen LogP contribution is -2.24. The number of ether oxygens (including phenoxy) is 2. The number of benzene rings is 1. The molecule has 0 amide bonds. The molecule has 6 nitrogen and oxygen atoms in total. The molecule has 1 aromatic rings. The van der Waals surface area contributed by atoms with Crippen LogP contribution in [0.3, 0.4) is 0 Å². The third-order valence-corrected chi connectivity index (χ3v) is 2.66. The minimum Gasteiger partial charge on any atom is -0.466 e. The van der Waals surface area contributed by atoms with Gasteiger partial charge in [-0.3, -0.25) is 4.79 Å². The first-order valence-corrected chi connectivity index (χ1v) is 6.31. The van der Waals surface area contributed by atoms with E-state index in [0.717, 1.165) is 18.2 Å². The van der Waals surface area contributed by atoms with Crippen LogP contribution in [0, 0.1) is 0 Å². The Balaban J connectivity index is 2.81. The Kier molecular flexibility index (Phi) is 6.01. The van der Waals surface area contributed by atoms with Crippen LogP contribution in [0.5, 0.6) is 5.75 Å². The molecular weight excluding hydrogens is 307 g/mol. The molecule has 1 rings (SSSR count). The Labute approximate surface area is 124 Å². The fourth-order valence-electron chi connectivity index (χ4n) is 1.73. The molecule has 22 heavy (non-hydrogen) atoms. The normalized spacial score (nSPS) is 14.3. The van der Waals surface area contributed by atoms with E-state index in [1.54, 1.807) is 6.92 Å². The van der Waals surface area contributed by atoms with Crippen LogP contribution in [0.25, 0.3) is 0 Å². The number of carbonyl (C=O) groups is 1. The molecule has 0 aliphatic rings. The zero-order valence-corrected chi connectivity index (χ0v) is 11.6. The summed E-state index contributed by atoms with van der Waals surface area (Å²) in [6.45, 7) is 1.70. The standard InChI is InChI=1S/C13H16F3NO5/c1-2-21-11(19)6-10(18)12(20)8-4-3-7(5-9(8)17)22-13(14,15)16/h3-5,10,12,18,20H,2,6,17H2,1H3. The van der Waals surface area contributed by atoms with Crippen molar-refractivity contribution in [2.45, 2.75) is 31.9 Å². The lowest BCUT2D eigenvalue weighted by Gasteiger charge is -2.19. The van der Waals surface area contributed by atoms with Gasteiger partial charge in [0.1, 0.15) is 11.9 Å². The number of aliphatic hydroxyl groups is 2. The molecule has 0 aliphatic carbocycles. The fraction of sp³-hybridized carbons (Fsp3) is 0.462. The van der Waals surface area contributed by atoms with Crippen LogP contribution in [0.15, 0.2) is 18.2 Å². The second-order valence-corrected chi connectivity index (χ2v) is 4.36. The van der Waals surface area contributed by atoms with Crippen molar-refractivity contribution < 1.29 is 37.7 Å². The van der Waals surface area contributed by atoms with Crippen LogP contribution >= 0.6 is 0 Å². The zero-order valence-electron chi connectivity index (χ0n) is 11.6. The van der Waals surface area contributed by atoms with Gasteiger partial charge in [-0.25, -0.2) is 0 Å². The number of nitrogen functional groups attached to an aromatic ring is 1. The summed E-state index contributed by atoms with van der Waals surface area (Å²) in [5.74, 6) is -1.27. The molecule has 9 heteroatoms. The molecule has 0 radical (unpaired) electrons. The van der Waals surface area contributed by atoms with E-state index in [0.29, 0.717) is 0 Å². The van der Waals surface area contributed by atoms with Crippen LogP contribution in [0.1, 0.15) is 25.0 Å². The van der Waals surface area contributed by atoms with E-state index < -0.39 is 36.7 Å². The summed E-state index contributed by atoms with van der Waals surface area (Å²) in [6, 6.07) is 2.89. The van der Waals surface area contributed by atoms with Crippen LogP contribution in [0.2, 0.25) is 0 Å². The molecule has 2 atom stereocenters. The lowest BCUT2D eigenvalue weighted by atomic mass is 10.0. The van der Waals surface area contributed by atoms with E-state index in [-0.39, 0.29) is 17.9 Å². The highest BCUT2D eigenvalue weighted by molar-refractivity contribution is 5.70.